The fourth-order valence-corrected chi connectivity index (χ4v) is 2.93. The molecule has 0 fully saturated rings. The van der Waals surface area contributed by atoms with E-state index < -0.39 is 0 Å². The Morgan fingerprint density at radius 2 is 2.04 bits per heavy atom. The van der Waals surface area contributed by atoms with Gasteiger partial charge in [0.1, 0.15) is 5.82 Å². The topological polar surface area (TPSA) is 80.9 Å². The molecule has 122 valence electrons. The number of hydrogen-bond acceptors (Lipinski definition) is 6. The predicted octanol–water partition coefficient (Wildman–Crippen LogP) is 3.63. The molecule has 0 spiro atoms. The minimum absolute atomic E-state index is 0.198. The van der Waals surface area contributed by atoms with Gasteiger partial charge in [0, 0.05) is 11.1 Å². The van der Waals surface area contributed by atoms with E-state index in [0.29, 0.717) is 28.8 Å². The molecule has 24 heavy (non-hydrogen) atoms. The molecule has 1 amide bonds. The number of anilines is 1. The maximum Gasteiger partial charge on any atom is 0.257 e. The van der Waals surface area contributed by atoms with E-state index in [-0.39, 0.29) is 5.91 Å². The van der Waals surface area contributed by atoms with Crippen LogP contribution in [0.25, 0.3) is 0 Å². The normalized spacial score (nSPS) is 10.6. The van der Waals surface area contributed by atoms with Gasteiger partial charge in [-0.15, -0.1) is 11.8 Å². The third-order valence-electron chi connectivity index (χ3n) is 3.21. The van der Waals surface area contributed by atoms with Crippen LogP contribution >= 0.6 is 11.8 Å². The Labute approximate surface area is 143 Å². The van der Waals surface area contributed by atoms with E-state index in [0.717, 1.165) is 10.5 Å². The summed E-state index contributed by atoms with van der Waals surface area (Å²) in [4.78, 5) is 21.7. The molecular formula is C17H16N4O2S. The van der Waals surface area contributed by atoms with Crippen molar-refractivity contribution in [2.24, 2.45) is 0 Å². The summed E-state index contributed by atoms with van der Waals surface area (Å²) in [6.07, 6.45) is 1.72. The number of nitrogens with one attached hydrogen (secondary N) is 1. The molecule has 0 atom stereocenters. The molecular weight excluding hydrogens is 324 g/mol. The van der Waals surface area contributed by atoms with Crippen LogP contribution < -0.4 is 5.32 Å². The molecule has 0 aliphatic rings. The first-order chi connectivity index (χ1) is 11.6. The number of carbonyl (C=O) groups excluding carboxylic acids is 1. The highest BCUT2D eigenvalue weighted by Crippen LogP contribution is 2.26. The molecule has 3 rings (SSSR count). The highest BCUT2D eigenvalue weighted by molar-refractivity contribution is 7.98. The molecule has 0 saturated heterocycles. The van der Waals surface area contributed by atoms with Crippen LogP contribution in [0.3, 0.4) is 0 Å². The number of thioether (sulfide) groups is 1. The minimum Gasteiger partial charge on any atom is -0.338 e. The van der Waals surface area contributed by atoms with Gasteiger partial charge in [0.05, 0.1) is 11.3 Å². The Balaban J connectivity index is 1.72. The smallest absolute Gasteiger partial charge is 0.257 e. The van der Waals surface area contributed by atoms with E-state index >= 15 is 0 Å². The maximum absolute atomic E-state index is 12.5. The first kappa shape index (κ1) is 16.2. The number of nitrogens with zero attached hydrogens (tertiary/aromatic N) is 3. The number of hydrogen-bond donors (Lipinski definition) is 1. The van der Waals surface area contributed by atoms with E-state index in [4.69, 9.17) is 4.52 Å². The molecule has 2 heterocycles. The third-order valence-corrected chi connectivity index (χ3v) is 4.26. The van der Waals surface area contributed by atoms with Gasteiger partial charge in [-0.05, 0) is 37.6 Å². The van der Waals surface area contributed by atoms with Gasteiger partial charge in [-0.2, -0.15) is 4.98 Å². The van der Waals surface area contributed by atoms with E-state index in [9.17, 15) is 4.79 Å². The largest absolute Gasteiger partial charge is 0.338 e. The molecule has 0 aliphatic carbocycles. The zero-order valence-electron chi connectivity index (χ0n) is 13.3. The van der Waals surface area contributed by atoms with Crippen molar-refractivity contribution >= 4 is 23.5 Å². The lowest BCUT2D eigenvalue weighted by Crippen LogP contribution is -2.13. The van der Waals surface area contributed by atoms with Crippen molar-refractivity contribution in [2.45, 2.75) is 24.5 Å². The second-order valence-corrected chi connectivity index (χ2v) is 6.21. The van der Waals surface area contributed by atoms with Gasteiger partial charge in [0.25, 0.3) is 5.91 Å². The van der Waals surface area contributed by atoms with E-state index in [1.165, 1.54) is 11.8 Å². The van der Waals surface area contributed by atoms with Gasteiger partial charge in [0.15, 0.2) is 5.82 Å². The number of benzene rings is 1. The SMILES string of the molecule is Cc1ccc(NC(=O)c2ccccc2SCc2nc(C)no2)nc1. The molecule has 0 bridgehead atoms. The van der Waals surface area contributed by atoms with Gasteiger partial charge in [-0.3, -0.25) is 4.79 Å². The molecule has 2 aromatic heterocycles. The van der Waals surface area contributed by atoms with Crippen LogP contribution in [-0.4, -0.2) is 21.0 Å². The van der Waals surface area contributed by atoms with Crippen LogP contribution in [0.2, 0.25) is 0 Å². The molecule has 1 N–H and O–H groups in total. The summed E-state index contributed by atoms with van der Waals surface area (Å²) in [6.45, 7) is 3.72. The Bertz CT molecular complexity index is 846. The quantitative estimate of drug-likeness (QED) is 0.714. The third kappa shape index (κ3) is 3.99. The number of amides is 1. The van der Waals surface area contributed by atoms with E-state index in [2.05, 4.69) is 20.4 Å². The lowest BCUT2D eigenvalue weighted by molar-refractivity contribution is 0.102. The second kappa shape index (κ2) is 7.27. The summed E-state index contributed by atoms with van der Waals surface area (Å²) < 4.78 is 5.10. The average Bonchev–Trinajstić information content (AvgIpc) is 3.01. The van der Waals surface area contributed by atoms with Gasteiger partial charge in [0.2, 0.25) is 5.89 Å². The van der Waals surface area contributed by atoms with Gasteiger partial charge in [-0.1, -0.05) is 23.4 Å². The molecule has 0 aliphatic heterocycles. The van der Waals surface area contributed by atoms with Crippen LogP contribution in [-0.2, 0) is 5.75 Å². The Kier molecular flexibility index (Phi) is 4.90. The first-order valence-corrected chi connectivity index (χ1v) is 8.35. The fraction of sp³-hybridized carbons (Fsp3) is 0.176. The van der Waals surface area contributed by atoms with E-state index in [1.54, 1.807) is 25.3 Å². The summed E-state index contributed by atoms with van der Waals surface area (Å²) in [7, 11) is 0. The van der Waals surface area contributed by atoms with Crippen LogP contribution in [0.5, 0.6) is 0 Å². The van der Waals surface area contributed by atoms with Gasteiger partial charge in [-0.25, -0.2) is 4.98 Å². The van der Waals surface area contributed by atoms with Gasteiger partial charge < -0.3 is 9.84 Å². The summed E-state index contributed by atoms with van der Waals surface area (Å²) in [5.74, 6) is 1.97. The van der Waals surface area contributed by atoms with Crippen molar-refractivity contribution in [3.05, 3.63) is 65.4 Å². The van der Waals surface area contributed by atoms with Crippen molar-refractivity contribution in [1.82, 2.24) is 15.1 Å². The van der Waals surface area contributed by atoms with Crippen LogP contribution in [0.15, 0.2) is 52.0 Å². The van der Waals surface area contributed by atoms with E-state index in [1.807, 2.05) is 31.2 Å². The lowest BCUT2D eigenvalue weighted by Gasteiger charge is -2.09. The van der Waals surface area contributed by atoms with Crippen molar-refractivity contribution < 1.29 is 9.32 Å². The maximum atomic E-state index is 12.5. The highest BCUT2D eigenvalue weighted by Gasteiger charge is 2.13. The molecule has 0 unspecified atom stereocenters. The van der Waals surface area contributed by atoms with Crippen LogP contribution in [0.1, 0.15) is 27.6 Å². The predicted molar refractivity (Wildman–Crippen MR) is 92.0 cm³/mol. The first-order valence-electron chi connectivity index (χ1n) is 7.37. The summed E-state index contributed by atoms with van der Waals surface area (Å²) >= 11 is 1.48. The average molecular weight is 340 g/mol. The van der Waals surface area contributed by atoms with Crippen LogP contribution in [0.4, 0.5) is 5.82 Å². The monoisotopic (exact) mass is 340 g/mol. The molecule has 3 aromatic rings. The zero-order chi connectivity index (χ0) is 16.9. The van der Waals surface area contributed by atoms with Crippen molar-refractivity contribution in [1.29, 1.82) is 0 Å². The van der Waals surface area contributed by atoms with Crippen molar-refractivity contribution in [3.8, 4) is 0 Å². The standard InChI is InChI=1S/C17H16N4O2S/c1-11-7-8-15(18-9-11)20-17(22)13-5-3-4-6-14(13)24-10-16-19-12(2)21-23-16/h3-9H,10H2,1-2H3,(H,18,20,22). The zero-order valence-corrected chi connectivity index (χ0v) is 14.1. The number of aromatic nitrogens is 3. The molecule has 0 radical (unpaired) electrons. The lowest BCUT2D eigenvalue weighted by atomic mass is 10.2. The molecule has 6 nitrogen and oxygen atoms in total. The highest BCUT2D eigenvalue weighted by atomic mass is 32.2. The number of pyridine rings is 1. The number of carbonyl (C=O) groups is 1. The molecule has 0 saturated carbocycles. The summed E-state index contributed by atoms with van der Waals surface area (Å²) in [6, 6.07) is 11.1. The number of aryl methyl sites for hydroxylation is 2. The summed E-state index contributed by atoms with van der Waals surface area (Å²) in [5, 5.41) is 6.58. The Hall–Kier alpha value is -2.67. The second-order valence-electron chi connectivity index (χ2n) is 5.20. The summed E-state index contributed by atoms with van der Waals surface area (Å²) in [5.41, 5.74) is 1.62. The fourth-order valence-electron chi connectivity index (χ4n) is 2.04. The molecule has 1 aromatic carbocycles. The Morgan fingerprint density at radius 3 is 2.75 bits per heavy atom. The van der Waals surface area contributed by atoms with Crippen molar-refractivity contribution in [2.75, 3.05) is 5.32 Å². The molecule has 7 heteroatoms. The van der Waals surface area contributed by atoms with Crippen molar-refractivity contribution in [3.63, 3.8) is 0 Å². The number of rotatable bonds is 5. The van der Waals surface area contributed by atoms with Crippen LogP contribution in [0, 0.1) is 13.8 Å². The minimum atomic E-state index is -0.198. The van der Waals surface area contributed by atoms with Gasteiger partial charge >= 0.3 is 0 Å². The Morgan fingerprint density at radius 1 is 1.21 bits per heavy atom.